The number of likely N-dealkylation sites (tertiary alicyclic amines) is 1. The SMILES string of the molecule is COC(=O)C1CCN(CCOc2ccccc2CN)C1. The lowest BCUT2D eigenvalue weighted by atomic mass is 10.1. The third-order valence-corrected chi connectivity index (χ3v) is 3.66. The van der Waals surface area contributed by atoms with Crippen LogP contribution in [0.25, 0.3) is 0 Å². The highest BCUT2D eigenvalue weighted by Crippen LogP contribution is 2.19. The molecule has 0 radical (unpaired) electrons. The summed E-state index contributed by atoms with van der Waals surface area (Å²) >= 11 is 0. The lowest BCUT2D eigenvalue weighted by molar-refractivity contribution is -0.144. The molecule has 1 aliphatic heterocycles. The van der Waals surface area contributed by atoms with Gasteiger partial charge in [0.2, 0.25) is 0 Å². The maximum Gasteiger partial charge on any atom is 0.310 e. The summed E-state index contributed by atoms with van der Waals surface area (Å²) in [7, 11) is 1.44. The number of ether oxygens (including phenoxy) is 2. The Kier molecular flexibility index (Phi) is 5.38. The van der Waals surface area contributed by atoms with Crippen LogP contribution in [0.2, 0.25) is 0 Å². The van der Waals surface area contributed by atoms with Crippen LogP contribution in [-0.4, -0.2) is 44.2 Å². The van der Waals surface area contributed by atoms with Crippen LogP contribution in [-0.2, 0) is 16.1 Å². The average Bonchev–Trinajstić information content (AvgIpc) is 2.96. The van der Waals surface area contributed by atoms with E-state index in [1.807, 2.05) is 24.3 Å². The van der Waals surface area contributed by atoms with Gasteiger partial charge in [0.25, 0.3) is 0 Å². The molecular weight excluding hydrogens is 256 g/mol. The molecule has 0 spiro atoms. The number of carbonyl (C=O) groups is 1. The van der Waals surface area contributed by atoms with Crippen molar-refractivity contribution in [2.75, 3.05) is 33.4 Å². The van der Waals surface area contributed by atoms with E-state index in [0.29, 0.717) is 13.2 Å². The van der Waals surface area contributed by atoms with Gasteiger partial charge in [-0.15, -0.1) is 0 Å². The Morgan fingerprint density at radius 3 is 3.00 bits per heavy atom. The van der Waals surface area contributed by atoms with Crippen LogP contribution in [0.1, 0.15) is 12.0 Å². The van der Waals surface area contributed by atoms with Gasteiger partial charge in [-0.1, -0.05) is 18.2 Å². The van der Waals surface area contributed by atoms with E-state index >= 15 is 0 Å². The number of nitrogens with zero attached hydrogens (tertiary/aromatic N) is 1. The lowest BCUT2D eigenvalue weighted by Gasteiger charge is -2.16. The summed E-state index contributed by atoms with van der Waals surface area (Å²) in [6.07, 6.45) is 0.867. The standard InChI is InChI=1S/C15H22N2O3/c1-19-15(18)13-6-7-17(11-13)8-9-20-14-5-3-2-4-12(14)10-16/h2-5,13H,6-11,16H2,1H3. The van der Waals surface area contributed by atoms with E-state index in [0.717, 1.165) is 37.4 Å². The fraction of sp³-hybridized carbons (Fsp3) is 0.533. The number of hydrogen-bond donors (Lipinski definition) is 1. The van der Waals surface area contributed by atoms with Gasteiger partial charge in [0.1, 0.15) is 12.4 Å². The molecule has 0 aromatic heterocycles. The molecule has 1 atom stereocenters. The van der Waals surface area contributed by atoms with E-state index in [1.165, 1.54) is 7.11 Å². The average molecular weight is 278 g/mol. The topological polar surface area (TPSA) is 64.8 Å². The van der Waals surface area contributed by atoms with Gasteiger partial charge in [-0.05, 0) is 19.0 Å². The van der Waals surface area contributed by atoms with Gasteiger partial charge >= 0.3 is 5.97 Å². The Hall–Kier alpha value is -1.59. The third-order valence-electron chi connectivity index (χ3n) is 3.66. The minimum atomic E-state index is -0.109. The molecule has 0 aliphatic carbocycles. The van der Waals surface area contributed by atoms with E-state index in [9.17, 15) is 4.79 Å². The number of para-hydroxylation sites is 1. The maximum absolute atomic E-state index is 11.4. The van der Waals surface area contributed by atoms with Crippen LogP contribution in [0.5, 0.6) is 5.75 Å². The number of rotatable bonds is 6. The molecule has 1 aromatic rings. The zero-order valence-electron chi connectivity index (χ0n) is 11.9. The third kappa shape index (κ3) is 3.71. The van der Waals surface area contributed by atoms with Gasteiger partial charge in [-0.2, -0.15) is 0 Å². The molecule has 1 unspecified atom stereocenters. The van der Waals surface area contributed by atoms with Gasteiger partial charge < -0.3 is 15.2 Å². The largest absolute Gasteiger partial charge is 0.492 e. The first-order valence-electron chi connectivity index (χ1n) is 6.95. The fourth-order valence-corrected chi connectivity index (χ4v) is 2.49. The minimum Gasteiger partial charge on any atom is -0.492 e. The van der Waals surface area contributed by atoms with E-state index in [2.05, 4.69) is 4.90 Å². The van der Waals surface area contributed by atoms with Crippen LogP contribution in [0.3, 0.4) is 0 Å². The van der Waals surface area contributed by atoms with Crippen molar-refractivity contribution < 1.29 is 14.3 Å². The van der Waals surface area contributed by atoms with E-state index in [-0.39, 0.29) is 11.9 Å². The molecule has 1 saturated heterocycles. The highest BCUT2D eigenvalue weighted by Gasteiger charge is 2.28. The molecule has 1 aliphatic rings. The lowest BCUT2D eigenvalue weighted by Crippen LogP contribution is -2.28. The van der Waals surface area contributed by atoms with E-state index < -0.39 is 0 Å². The Labute approximate surface area is 119 Å². The highest BCUT2D eigenvalue weighted by molar-refractivity contribution is 5.72. The molecule has 0 saturated carbocycles. The number of methoxy groups -OCH3 is 1. The van der Waals surface area contributed by atoms with Gasteiger partial charge in [0.05, 0.1) is 13.0 Å². The van der Waals surface area contributed by atoms with E-state index in [1.54, 1.807) is 0 Å². The van der Waals surface area contributed by atoms with Crippen molar-refractivity contribution in [1.82, 2.24) is 4.90 Å². The zero-order valence-corrected chi connectivity index (χ0v) is 11.9. The number of benzene rings is 1. The van der Waals surface area contributed by atoms with Crippen LogP contribution >= 0.6 is 0 Å². The Bertz CT molecular complexity index is 450. The summed E-state index contributed by atoms with van der Waals surface area (Å²) in [5, 5.41) is 0. The fourth-order valence-electron chi connectivity index (χ4n) is 2.49. The summed E-state index contributed by atoms with van der Waals surface area (Å²) in [5.41, 5.74) is 6.68. The first kappa shape index (κ1) is 14.8. The molecule has 110 valence electrons. The summed E-state index contributed by atoms with van der Waals surface area (Å²) in [6.45, 7) is 3.57. The van der Waals surface area contributed by atoms with Crippen molar-refractivity contribution in [3.05, 3.63) is 29.8 Å². The molecule has 20 heavy (non-hydrogen) atoms. The predicted molar refractivity (Wildman–Crippen MR) is 76.4 cm³/mol. The molecule has 5 heteroatoms. The zero-order chi connectivity index (χ0) is 14.4. The molecule has 0 amide bonds. The van der Waals surface area contributed by atoms with Crippen molar-refractivity contribution in [2.45, 2.75) is 13.0 Å². The second-order valence-corrected chi connectivity index (χ2v) is 4.97. The number of esters is 1. The Morgan fingerprint density at radius 2 is 2.25 bits per heavy atom. The van der Waals surface area contributed by atoms with Crippen LogP contribution in [0.15, 0.2) is 24.3 Å². The second-order valence-electron chi connectivity index (χ2n) is 4.97. The quantitative estimate of drug-likeness (QED) is 0.787. The van der Waals surface area contributed by atoms with E-state index in [4.69, 9.17) is 15.2 Å². The van der Waals surface area contributed by atoms with Crippen molar-refractivity contribution >= 4 is 5.97 Å². The number of hydrogen-bond acceptors (Lipinski definition) is 5. The van der Waals surface area contributed by atoms with Crippen molar-refractivity contribution in [2.24, 2.45) is 11.7 Å². The molecular formula is C15H22N2O3. The van der Waals surface area contributed by atoms with Crippen molar-refractivity contribution in [3.63, 3.8) is 0 Å². The summed E-state index contributed by atoms with van der Waals surface area (Å²) in [6, 6.07) is 7.80. The Balaban J connectivity index is 1.75. The Morgan fingerprint density at radius 1 is 1.45 bits per heavy atom. The van der Waals surface area contributed by atoms with Crippen LogP contribution < -0.4 is 10.5 Å². The first-order chi connectivity index (χ1) is 9.74. The van der Waals surface area contributed by atoms with Gasteiger partial charge in [-0.25, -0.2) is 0 Å². The second kappa shape index (κ2) is 7.26. The summed E-state index contributed by atoms with van der Waals surface area (Å²) < 4.78 is 10.5. The number of carbonyl (C=O) groups excluding carboxylic acids is 1. The van der Waals surface area contributed by atoms with Crippen LogP contribution in [0.4, 0.5) is 0 Å². The molecule has 1 aromatic carbocycles. The number of nitrogens with two attached hydrogens (primary N) is 1. The molecule has 0 bridgehead atoms. The van der Waals surface area contributed by atoms with Crippen molar-refractivity contribution in [3.8, 4) is 5.75 Å². The van der Waals surface area contributed by atoms with Gasteiger partial charge in [0.15, 0.2) is 0 Å². The monoisotopic (exact) mass is 278 g/mol. The first-order valence-corrected chi connectivity index (χ1v) is 6.95. The van der Waals surface area contributed by atoms with Gasteiger partial charge in [0, 0.05) is 25.2 Å². The summed E-state index contributed by atoms with van der Waals surface area (Å²) in [4.78, 5) is 13.7. The minimum absolute atomic E-state index is 0.0105. The smallest absolute Gasteiger partial charge is 0.310 e. The molecule has 1 heterocycles. The predicted octanol–water partition coefficient (Wildman–Crippen LogP) is 1.02. The molecule has 2 rings (SSSR count). The highest BCUT2D eigenvalue weighted by atomic mass is 16.5. The van der Waals surface area contributed by atoms with Crippen molar-refractivity contribution in [1.29, 1.82) is 0 Å². The maximum atomic E-state index is 11.4. The molecule has 2 N–H and O–H groups in total. The molecule has 5 nitrogen and oxygen atoms in total. The van der Waals surface area contributed by atoms with Crippen LogP contribution in [0, 0.1) is 5.92 Å². The van der Waals surface area contributed by atoms with Gasteiger partial charge in [-0.3, -0.25) is 9.69 Å². The normalized spacial score (nSPS) is 19.0. The molecule has 1 fully saturated rings. The summed E-state index contributed by atoms with van der Waals surface area (Å²) in [5.74, 6) is 0.747.